The maximum Gasteiger partial charge on any atom is 0.410 e. The van der Waals surface area contributed by atoms with Crippen molar-refractivity contribution in [2.45, 2.75) is 59.0 Å². The summed E-state index contributed by atoms with van der Waals surface area (Å²) in [6, 6.07) is 6.44. The molecule has 2 aromatic heterocycles. The maximum absolute atomic E-state index is 14.4. The summed E-state index contributed by atoms with van der Waals surface area (Å²) in [5.74, 6) is 0.862. The molecular formula is C30H36FN5O3. The van der Waals surface area contributed by atoms with E-state index in [1.165, 1.54) is 18.5 Å². The van der Waals surface area contributed by atoms with Crippen molar-refractivity contribution in [3.63, 3.8) is 0 Å². The van der Waals surface area contributed by atoms with Crippen LogP contribution in [0, 0.1) is 11.2 Å². The Bertz CT molecular complexity index is 1360. The predicted octanol–water partition coefficient (Wildman–Crippen LogP) is 6.43. The van der Waals surface area contributed by atoms with Gasteiger partial charge >= 0.3 is 6.09 Å². The first-order valence-corrected chi connectivity index (χ1v) is 13.5. The van der Waals surface area contributed by atoms with Crippen molar-refractivity contribution in [2.75, 3.05) is 31.1 Å². The molecule has 2 aliphatic rings. The van der Waals surface area contributed by atoms with Crippen LogP contribution in [-0.2, 0) is 4.74 Å². The SMILES string of the molecule is CC(C)c1ncncc1-c1cc(F)ccc1Oc1cnccc1N1CCC2(CCN(C(=O)OC(C)(C)C)C2)C1. The number of anilines is 1. The smallest absolute Gasteiger partial charge is 0.410 e. The third-order valence-electron chi connectivity index (χ3n) is 7.37. The summed E-state index contributed by atoms with van der Waals surface area (Å²) in [6.07, 6.45) is 8.30. The first-order valence-electron chi connectivity index (χ1n) is 13.5. The van der Waals surface area contributed by atoms with Gasteiger partial charge < -0.3 is 19.3 Å². The normalized spacial score (nSPS) is 19.3. The van der Waals surface area contributed by atoms with Crippen molar-refractivity contribution < 1.29 is 18.7 Å². The summed E-state index contributed by atoms with van der Waals surface area (Å²) >= 11 is 0. The monoisotopic (exact) mass is 533 g/mol. The summed E-state index contributed by atoms with van der Waals surface area (Å²) in [7, 11) is 0. The van der Waals surface area contributed by atoms with E-state index in [1.54, 1.807) is 24.7 Å². The zero-order valence-corrected chi connectivity index (χ0v) is 23.3. The van der Waals surface area contributed by atoms with Gasteiger partial charge in [-0.3, -0.25) is 4.98 Å². The molecule has 1 unspecified atom stereocenters. The molecular weight excluding hydrogens is 497 g/mol. The molecule has 39 heavy (non-hydrogen) atoms. The van der Waals surface area contributed by atoms with Crippen LogP contribution in [0.2, 0.25) is 0 Å². The Labute approximate surface area is 229 Å². The lowest BCUT2D eigenvalue weighted by Crippen LogP contribution is -2.37. The maximum atomic E-state index is 14.4. The first kappa shape index (κ1) is 26.8. The van der Waals surface area contributed by atoms with E-state index < -0.39 is 5.60 Å². The molecule has 2 saturated heterocycles. The molecule has 2 fully saturated rings. The number of pyridine rings is 1. The van der Waals surface area contributed by atoms with E-state index >= 15 is 0 Å². The van der Waals surface area contributed by atoms with Crippen LogP contribution in [0.25, 0.3) is 11.1 Å². The number of rotatable bonds is 5. The molecule has 0 saturated carbocycles. The Morgan fingerprint density at radius 3 is 2.59 bits per heavy atom. The Morgan fingerprint density at radius 1 is 1.03 bits per heavy atom. The number of nitrogens with zero attached hydrogens (tertiary/aromatic N) is 5. The van der Waals surface area contributed by atoms with Crippen LogP contribution in [0.1, 0.15) is 59.1 Å². The van der Waals surface area contributed by atoms with E-state index in [2.05, 4.69) is 19.9 Å². The van der Waals surface area contributed by atoms with Gasteiger partial charge in [-0.15, -0.1) is 0 Å². The number of benzene rings is 1. The van der Waals surface area contributed by atoms with E-state index in [0.29, 0.717) is 30.2 Å². The number of amides is 1. The van der Waals surface area contributed by atoms with Crippen LogP contribution in [0.15, 0.2) is 49.2 Å². The highest BCUT2D eigenvalue weighted by atomic mass is 19.1. The predicted molar refractivity (Wildman–Crippen MR) is 148 cm³/mol. The number of aromatic nitrogens is 3. The van der Waals surface area contributed by atoms with Crippen LogP contribution < -0.4 is 9.64 Å². The summed E-state index contributed by atoms with van der Waals surface area (Å²) in [6.45, 7) is 12.8. The summed E-state index contributed by atoms with van der Waals surface area (Å²) < 4.78 is 26.5. The molecule has 5 rings (SSSR count). The number of carbonyl (C=O) groups is 1. The minimum absolute atomic E-state index is 0.00598. The summed E-state index contributed by atoms with van der Waals surface area (Å²) in [4.78, 5) is 29.8. The highest BCUT2D eigenvalue weighted by molar-refractivity contribution is 5.73. The second-order valence-corrected chi connectivity index (χ2v) is 11.9. The van der Waals surface area contributed by atoms with Crippen molar-refractivity contribution in [1.82, 2.24) is 19.9 Å². The molecule has 1 aromatic carbocycles. The standard InChI is InChI=1S/C30H36FN5O3/c1-20(2)27-23(15-33-19-34-27)22-14-21(31)6-7-25(22)38-26-16-32-11-8-24(26)35-12-9-30(17-35)10-13-36(18-30)28(37)39-29(3,4)5/h6-8,11,14-16,19-20H,9-10,12-13,17-18H2,1-5H3. The largest absolute Gasteiger partial charge is 0.453 e. The van der Waals surface area contributed by atoms with Gasteiger partial charge in [0.05, 0.1) is 17.6 Å². The van der Waals surface area contributed by atoms with Crippen LogP contribution in [0.3, 0.4) is 0 Å². The van der Waals surface area contributed by atoms with E-state index in [9.17, 15) is 9.18 Å². The third kappa shape index (κ3) is 5.82. The van der Waals surface area contributed by atoms with Gasteiger partial charge in [0.1, 0.15) is 23.5 Å². The van der Waals surface area contributed by atoms with Crippen LogP contribution in [-0.4, -0.2) is 57.7 Å². The minimum atomic E-state index is -0.515. The molecule has 0 bridgehead atoms. The van der Waals surface area contributed by atoms with Crippen molar-refractivity contribution in [3.05, 3.63) is 60.7 Å². The lowest BCUT2D eigenvalue weighted by atomic mass is 9.86. The zero-order chi connectivity index (χ0) is 27.8. The first-order chi connectivity index (χ1) is 18.5. The molecule has 206 valence electrons. The van der Waals surface area contributed by atoms with Gasteiger partial charge in [-0.25, -0.2) is 19.2 Å². The van der Waals surface area contributed by atoms with E-state index in [4.69, 9.17) is 9.47 Å². The molecule has 1 atom stereocenters. The molecule has 4 heterocycles. The van der Waals surface area contributed by atoms with Gasteiger partial charge in [-0.05, 0) is 63.8 Å². The van der Waals surface area contributed by atoms with Gasteiger partial charge in [0.2, 0.25) is 0 Å². The van der Waals surface area contributed by atoms with Crippen molar-refractivity contribution in [1.29, 1.82) is 0 Å². The van der Waals surface area contributed by atoms with E-state index in [-0.39, 0.29) is 23.2 Å². The fourth-order valence-electron chi connectivity index (χ4n) is 5.53. The number of ether oxygens (including phenoxy) is 2. The van der Waals surface area contributed by atoms with Crippen LogP contribution in [0.5, 0.6) is 11.5 Å². The third-order valence-corrected chi connectivity index (χ3v) is 7.37. The molecule has 0 radical (unpaired) electrons. The van der Waals surface area contributed by atoms with Gasteiger partial charge in [-0.1, -0.05) is 13.8 Å². The second-order valence-electron chi connectivity index (χ2n) is 11.9. The molecule has 8 nitrogen and oxygen atoms in total. The molecule has 0 N–H and O–H groups in total. The lowest BCUT2D eigenvalue weighted by molar-refractivity contribution is 0.0276. The quantitative estimate of drug-likeness (QED) is 0.374. The second kappa shape index (κ2) is 10.4. The molecule has 2 aliphatic heterocycles. The Hall–Kier alpha value is -3.75. The van der Waals surface area contributed by atoms with Crippen LogP contribution >= 0.6 is 0 Å². The topological polar surface area (TPSA) is 80.7 Å². The summed E-state index contributed by atoms with van der Waals surface area (Å²) in [5, 5.41) is 0. The summed E-state index contributed by atoms with van der Waals surface area (Å²) in [5.41, 5.74) is 2.56. The van der Waals surface area contributed by atoms with Crippen molar-refractivity contribution in [2.24, 2.45) is 5.41 Å². The minimum Gasteiger partial charge on any atom is -0.453 e. The number of carbonyl (C=O) groups excluding carboxylic acids is 1. The molecule has 1 spiro atoms. The Balaban J connectivity index is 1.38. The lowest BCUT2D eigenvalue weighted by Gasteiger charge is -2.28. The van der Waals surface area contributed by atoms with Crippen molar-refractivity contribution >= 4 is 11.8 Å². The molecule has 9 heteroatoms. The number of hydrogen-bond donors (Lipinski definition) is 0. The Morgan fingerprint density at radius 2 is 1.82 bits per heavy atom. The number of halogens is 1. The number of likely N-dealkylation sites (tertiary alicyclic amines) is 1. The van der Waals surface area contributed by atoms with Gasteiger partial charge in [-0.2, -0.15) is 0 Å². The Kier molecular flexibility index (Phi) is 7.18. The number of hydrogen-bond acceptors (Lipinski definition) is 7. The van der Waals surface area contributed by atoms with E-state index in [0.717, 1.165) is 42.9 Å². The van der Waals surface area contributed by atoms with Gasteiger partial charge in [0, 0.05) is 55.1 Å². The zero-order valence-electron chi connectivity index (χ0n) is 23.3. The van der Waals surface area contributed by atoms with Gasteiger partial charge in [0.15, 0.2) is 5.75 Å². The average Bonchev–Trinajstić information content (AvgIpc) is 3.51. The fraction of sp³-hybridized carbons (Fsp3) is 0.467. The van der Waals surface area contributed by atoms with E-state index in [1.807, 2.05) is 45.6 Å². The average molecular weight is 534 g/mol. The highest BCUT2D eigenvalue weighted by Gasteiger charge is 2.46. The molecule has 1 amide bonds. The van der Waals surface area contributed by atoms with Crippen LogP contribution in [0.4, 0.5) is 14.9 Å². The fourth-order valence-corrected chi connectivity index (χ4v) is 5.53. The molecule has 0 aliphatic carbocycles. The van der Waals surface area contributed by atoms with Gasteiger partial charge in [0.25, 0.3) is 0 Å². The van der Waals surface area contributed by atoms with Crippen molar-refractivity contribution in [3.8, 4) is 22.6 Å². The highest BCUT2D eigenvalue weighted by Crippen LogP contribution is 2.45. The molecule has 3 aromatic rings.